The Kier molecular flexibility index (Phi) is 4.06. The van der Waals surface area contributed by atoms with E-state index in [1.54, 1.807) is 9.80 Å². The van der Waals surface area contributed by atoms with Gasteiger partial charge in [0.1, 0.15) is 5.69 Å². The Morgan fingerprint density at radius 3 is 2.33 bits per heavy atom. The van der Waals surface area contributed by atoms with E-state index >= 15 is 0 Å². The maximum Gasteiger partial charge on any atom is 0.335 e. The highest BCUT2D eigenvalue weighted by atomic mass is 16.6. The number of anilines is 1. The van der Waals surface area contributed by atoms with Crippen LogP contribution < -0.4 is 4.90 Å². The summed E-state index contributed by atoms with van der Waals surface area (Å²) in [7, 11) is 0. The smallest absolute Gasteiger partial charge is 0.335 e. The third kappa shape index (κ3) is 3.10. The number of hydrogen-bond acceptors (Lipinski definition) is 5. The molecule has 0 saturated carbocycles. The molecule has 0 bridgehead atoms. The van der Waals surface area contributed by atoms with E-state index < -0.39 is 10.9 Å². The highest BCUT2D eigenvalue weighted by molar-refractivity contribution is 5.90. The van der Waals surface area contributed by atoms with Crippen molar-refractivity contribution in [3.63, 3.8) is 0 Å². The van der Waals surface area contributed by atoms with Gasteiger partial charge >= 0.3 is 5.97 Å². The second kappa shape index (κ2) is 5.78. The number of carbonyl (C=O) groups excluding carboxylic acids is 1. The van der Waals surface area contributed by atoms with E-state index in [4.69, 9.17) is 5.11 Å². The molecule has 0 spiro atoms. The van der Waals surface area contributed by atoms with Crippen molar-refractivity contribution in [1.29, 1.82) is 0 Å². The largest absolute Gasteiger partial charge is 0.478 e. The quantitative estimate of drug-likeness (QED) is 0.657. The average Bonchev–Trinajstić information content (AvgIpc) is 2.46. The maximum absolute atomic E-state index is 11.3. The first-order valence-corrected chi connectivity index (χ1v) is 6.42. The lowest BCUT2D eigenvalue weighted by Gasteiger charge is -2.35. The van der Waals surface area contributed by atoms with Gasteiger partial charge in [0.2, 0.25) is 5.91 Å². The summed E-state index contributed by atoms with van der Waals surface area (Å²) in [6.45, 7) is 3.27. The molecule has 1 heterocycles. The van der Waals surface area contributed by atoms with Gasteiger partial charge in [-0.25, -0.2) is 4.79 Å². The Balaban J connectivity index is 2.29. The van der Waals surface area contributed by atoms with Crippen molar-refractivity contribution < 1.29 is 19.6 Å². The summed E-state index contributed by atoms with van der Waals surface area (Å²) in [5.41, 5.74) is 0.156. The predicted octanol–water partition coefficient (Wildman–Crippen LogP) is 0.962. The molecule has 8 nitrogen and oxygen atoms in total. The molecule has 1 fully saturated rings. The van der Waals surface area contributed by atoms with Crippen molar-refractivity contribution in [2.75, 3.05) is 31.1 Å². The van der Waals surface area contributed by atoms with Crippen molar-refractivity contribution in [2.45, 2.75) is 6.92 Å². The summed E-state index contributed by atoms with van der Waals surface area (Å²) in [4.78, 5) is 36.3. The van der Waals surface area contributed by atoms with Crippen LogP contribution in [0.2, 0.25) is 0 Å². The molecule has 1 N–H and O–H groups in total. The Morgan fingerprint density at radius 1 is 1.24 bits per heavy atom. The molecule has 1 aliphatic rings. The maximum atomic E-state index is 11.3. The lowest BCUT2D eigenvalue weighted by atomic mass is 10.1. The molecule has 0 aromatic heterocycles. The minimum atomic E-state index is -1.13. The van der Waals surface area contributed by atoms with Crippen LogP contribution in [0, 0.1) is 10.1 Å². The minimum Gasteiger partial charge on any atom is -0.478 e. The molecule has 0 atom stereocenters. The molecule has 21 heavy (non-hydrogen) atoms. The molecule has 0 unspecified atom stereocenters. The van der Waals surface area contributed by atoms with Crippen LogP contribution in [-0.4, -0.2) is 53.0 Å². The number of nitro benzene ring substituents is 1. The lowest BCUT2D eigenvalue weighted by Crippen LogP contribution is -2.48. The van der Waals surface area contributed by atoms with E-state index in [1.807, 2.05) is 0 Å². The van der Waals surface area contributed by atoms with Crippen LogP contribution in [0.3, 0.4) is 0 Å². The van der Waals surface area contributed by atoms with Gasteiger partial charge in [-0.15, -0.1) is 0 Å². The van der Waals surface area contributed by atoms with Gasteiger partial charge < -0.3 is 14.9 Å². The van der Waals surface area contributed by atoms with Crippen LogP contribution in [-0.2, 0) is 4.79 Å². The van der Waals surface area contributed by atoms with Crippen molar-refractivity contribution in [1.82, 2.24) is 4.90 Å². The fraction of sp³-hybridized carbons (Fsp3) is 0.385. The molecule has 1 aromatic carbocycles. The summed E-state index contributed by atoms with van der Waals surface area (Å²) in [5, 5.41) is 20.1. The van der Waals surface area contributed by atoms with Gasteiger partial charge in [-0.3, -0.25) is 14.9 Å². The highest BCUT2D eigenvalue weighted by Gasteiger charge is 2.25. The zero-order valence-corrected chi connectivity index (χ0v) is 11.5. The van der Waals surface area contributed by atoms with E-state index in [2.05, 4.69) is 0 Å². The van der Waals surface area contributed by atoms with Gasteiger partial charge in [0.15, 0.2) is 0 Å². The summed E-state index contributed by atoms with van der Waals surface area (Å²) in [6.07, 6.45) is 0. The first-order valence-electron chi connectivity index (χ1n) is 6.42. The van der Waals surface area contributed by atoms with E-state index in [0.717, 1.165) is 0 Å². The van der Waals surface area contributed by atoms with Gasteiger partial charge in [0.25, 0.3) is 5.69 Å². The Labute approximate surface area is 120 Å². The molecule has 112 valence electrons. The van der Waals surface area contributed by atoms with Crippen LogP contribution >= 0.6 is 0 Å². The number of amides is 1. The van der Waals surface area contributed by atoms with E-state index in [9.17, 15) is 19.7 Å². The third-order valence-electron chi connectivity index (χ3n) is 3.48. The number of nitrogens with zero attached hydrogens (tertiary/aromatic N) is 3. The van der Waals surface area contributed by atoms with Crippen molar-refractivity contribution in [3.05, 3.63) is 33.9 Å². The topological polar surface area (TPSA) is 104 Å². The number of hydrogen-bond donors (Lipinski definition) is 1. The van der Waals surface area contributed by atoms with Crippen LogP contribution in [0.15, 0.2) is 18.2 Å². The predicted molar refractivity (Wildman–Crippen MR) is 74.5 cm³/mol. The van der Waals surface area contributed by atoms with Gasteiger partial charge in [0, 0.05) is 39.2 Å². The van der Waals surface area contributed by atoms with Crippen molar-refractivity contribution in [2.24, 2.45) is 0 Å². The van der Waals surface area contributed by atoms with Crippen molar-refractivity contribution in [3.8, 4) is 0 Å². The molecule has 0 aliphatic carbocycles. The van der Waals surface area contributed by atoms with Crippen LogP contribution in [0.4, 0.5) is 11.4 Å². The van der Waals surface area contributed by atoms with E-state index in [0.29, 0.717) is 26.2 Å². The fourth-order valence-electron chi connectivity index (χ4n) is 2.33. The van der Waals surface area contributed by atoms with E-state index in [1.165, 1.54) is 25.1 Å². The first-order chi connectivity index (χ1) is 9.90. The molecular weight excluding hydrogens is 278 g/mol. The number of carboxylic acid groups (broad SMARTS) is 1. The zero-order chi connectivity index (χ0) is 15.6. The fourth-order valence-corrected chi connectivity index (χ4v) is 2.33. The molecule has 8 heteroatoms. The monoisotopic (exact) mass is 293 g/mol. The SMILES string of the molecule is CC(=O)N1CCN(c2cc(C(=O)O)ccc2[N+](=O)[O-])CC1. The molecule has 1 aliphatic heterocycles. The average molecular weight is 293 g/mol. The lowest BCUT2D eigenvalue weighted by molar-refractivity contribution is -0.384. The second-order valence-corrected chi connectivity index (χ2v) is 4.76. The molecule has 1 aromatic rings. The Bertz CT molecular complexity index is 593. The number of rotatable bonds is 3. The zero-order valence-electron chi connectivity index (χ0n) is 11.5. The molecule has 1 amide bonds. The van der Waals surface area contributed by atoms with Gasteiger partial charge in [0.05, 0.1) is 10.5 Å². The van der Waals surface area contributed by atoms with E-state index in [-0.39, 0.29) is 22.8 Å². The van der Waals surface area contributed by atoms with Crippen LogP contribution in [0.25, 0.3) is 0 Å². The Morgan fingerprint density at radius 2 is 1.86 bits per heavy atom. The van der Waals surface area contributed by atoms with Crippen LogP contribution in [0.1, 0.15) is 17.3 Å². The molecule has 0 radical (unpaired) electrons. The summed E-state index contributed by atoms with van der Waals surface area (Å²) >= 11 is 0. The van der Waals surface area contributed by atoms with Gasteiger partial charge in [-0.1, -0.05) is 0 Å². The number of carboxylic acids is 1. The number of nitro groups is 1. The summed E-state index contributed by atoms with van der Waals surface area (Å²) in [5.74, 6) is -1.17. The third-order valence-corrected chi connectivity index (χ3v) is 3.48. The van der Waals surface area contributed by atoms with Crippen LogP contribution in [0.5, 0.6) is 0 Å². The number of piperazine rings is 1. The number of carbonyl (C=O) groups is 2. The Hall–Kier alpha value is -2.64. The second-order valence-electron chi connectivity index (χ2n) is 4.76. The van der Waals surface area contributed by atoms with Gasteiger partial charge in [-0.05, 0) is 12.1 Å². The molecular formula is C13H15N3O5. The minimum absolute atomic E-state index is 0.00426. The normalized spacial score (nSPS) is 14.9. The summed E-state index contributed by atoms with van der Waals surface area (Å²) < 4.78 is 0. The summed E-state index contributed by atoms with van der Waals surface area (Å²) in [6, 6.07) is 3.73. The first kappa shape index (κ1) is 14.8. The molecule has 2 rings (SSSR count). The number of benzene rings is 1. The van der Waals surface area contributed by atoms with Crippen molar-refractivity contribution >= 4 is 23.3 Å². The highest BCUT2D eigenvalue weighted by Crippen LogP contribution is 2.30. The standard InChI is InChI=1S/C13H15N3O5/c1-9(17)14-4-6-15(7-5-14)12-8-10(13(18)19)2-3-11(12)16(20)21/h2-3,8H,4-7H2,1H3,(H,18,19). The molecule has 1 saturated heterocycles. The number of aromatic carboxylic acids is 1. The van der Waals surface area contributed by atoms with Gasteiger partial charge in [-0.2, -0.15) is 0 Å².